The Morgan fingerprint density at radius 1 is 1.18 bits per heavy atom. The molecule has 0 radical (unpaired) electrons. The number of fused-ring (bicyclic) bond motifs is 1. The van der Waals surface area contributed by atoms with Crippen molar-refractivity contribution in [3.63, 3.8) is 0 Å². The van der Waals surface area contributed by atoms with Crippen LogP contribution in [0.4, 0.5) is 0 Å². The van der Waals surface area contributed by atoms with Crippen LogP contribution in [0.2, 0.25) is 0 Å². The van der Waals surface area contributed by atoms with E-state index < -0.39 is 0 Å². The second-order valence-corrected chi connectivity index (χ2v) is 6.01. The summed E-state index contributed by atoms with van der Waals surface area (Å²) < 4.78 is 6.04. The first-order valence-electron chi connectivity index (χ1n) is 6.28. The van der Waals surface area contributed by atoms with Gasteiger partial charge in [0.05, 0.1) is 0 Å². The predicted octanol–water partition coefficient (Wildman–Crippen LogP) is 3.85. The predicted molar refractivity (Wildman–Crippen MR) is 70.1 cm³/mol. The number of hydrogen-bond donors (Lipinski definition) is 1. The molecule has 2 heteroatoms. The Labute approximate surface area is 104 Å². The van der Waals surface area contributed by atoms with E-state index in [1.54, 1.807) is 0 Å². The summed E-state index contributed by atoms with van der Waals surface area (Å²) in [6.07, 6.45) is 0.879. The Morgan fingerprint density at radius 3 is 2.29 bits per heavy atom. The third-order valence-electron chi connectivity index (χ3n) is 3.67. The quantitative estimate of drug-likeness (QED) is 0.799. The summed E-state index contributed by atoms with van der Waals surface area (Å²) in [5.41, 5.74) is 4.13. The van der Waals surface area contributed by atoms with Crippen LogP contribution in [0.3, 0.4) is 0 Å². The van der Waals surface area contributed by atoms with Crippen LogP contribution in [0.1, 0.15) is 55.9 Å². The molecule has 2 nitrogen and oxygen atoms in total. The van der Waals surface area contributed by atoms with Gasteiger partial charge in [0.2, 0.25) is 0 Å². The van der Waals surface area contributed by atoms with Crippen molar-refractivity contribution >= 4 is 0 Å². The lowest BCUT2D eigenvalue weighted by Gasteiger charge is -2.18. The van der Waals surface area contributed by atoms with E-state index in [0.717, 1.165) is 28.9 Å². The average Bonchev–Trinajstić information content (AvgIpc) is 2.50. The molecule has 94 valence electrons. The molecular weight excluding hydrogens is 212 g/mol. The fourth-order valence-electron chi connectivity index (χ4n) is 2.72. The lowest BCUT2D eigenvalue weighted by atomic mass is 9.87. The van der Waals surface area contributed by atoms with Crippen LogP contribution in [0.5, 0.6) is 11.5 Å². The molecular formula is C15H22O2. The molecule has 0 amide bonds. The van der Waals surface area contributed by atoms with E-state index in [1.807, 2.05) is 13.8 Å². The third-order valence-corrected chi connectivity index (χ3v) is 3.67. The van der Waals surface area contributed by atoms with Crippen LogP contribution < -0.4 is 4.74 Å². The van der Waals surface area contributed by atoms with Crippen LogP contribution in [0, 0.1) is 13.8 Å². The zero-order valence-electron chi connectivity index (χ0n) is 11.6. The molecule has 0 atom stereocenters. The van der Waals surface area contributed by atoms with E-state index in [-0.39, 0.29) is 5.60 Å². The highest BCUT2D eigenvalue weighted by Crippen LogP contribution is 2.47. The normalized spacial score (nSPS) is 17.1. The number of phenols is 1. The Kier molecular flexibility index (Phi) is 2.64. The first-order valence-corrected chi connectivity index (χ1v) is 6.28. The molecule has 0 bridgehead atoms. The molecule has 1 heterocycles. The molecule has 1 N–H and O–H groups in total. The molecule has 1 aromatic rings. The van der Waals surface area contributed by atoms with Crippen molar-refractivity contribution in [3.05, 3.63) is 22.3 Å². The van der Waals surface area contributed by atoms with Gasteiger partial charge in [0.15, 0.2) is 0 Å². The number of rotatable bonds is 1. The highest BCUT2D eigenvalue weighted by molar-refractivity contribution is 5.61. The summed E-state index contributed by atoms with van der Waals surface area (Å²) >= 11 is 0. The van der Waals surface area contributed by atoms with Crippen LogP contribution in [-0.4, -0.2) is 10.7 Å². The highest BCUT2D eigenvalue weighted by Gasteiger charge is 2.35. The second-order valence-electron chi connectivity index (χ2n) is 6.01. The minimum atomic E-state index is -0.156. The van der Waals surface area contributed by atoms with Gasteiger partial charge in [0.25, 0.3) is 0 Å². The van der Waals surface area contributed by atoms with Crippen LogP contribution >= 0.6 is 0 Å². The molecule has 0 aliphatic carbocycles. The Bertz CT molecular complexity index is 471. The summed E-state index contributed by atoms with van der Waals surface area (Å²) in [5.74, 6) is 1.77. The summed E-state index contributed by atoms with van der Waals surface area (Å²) in [5, 5.41) is 10.3. The highest BCUT2D eigenvalue weighted by atomic mass is 16.5. The first kappa shape index (κ1) is 12.3. The zero-order chi connectivity index (χ0) is 13.0. The summed E-state index contributed by atoms with van der Waals surface area (Å²) in [7, 11) is 0. The van der Waals surface area contributed by atoms with Gasteiger partial charge in [-0.05, 0) is 44.7 Å². The monoisotopic (exact) mass is 234 g/mol. The smallest absolute Gasteiger partial charge is 0.127 e. The van der Waals surface area contributed by atoms with Gasteiger partial charge in [0.1, 0.15) is 17.1 Å². The molecule has 17 heavy (non-hydrogen) atoms. The van der Waals surface area contributed by atoms with Crippen molar-refractivity contribution < 1.29 is 9.84 Å². The van der Waals surface area contributed by atoms with Crippen molar-refractivity contribution in [1.82, 2.24) is 0 Å². The molecule has 0 aromatic heterocycles. The molecule has 0 unspecified atom stereocenters. The minimum Gasteiger partial charge on any atom is -0.507 e. The molecule has 1 aliphatic heterocycles. The first-order chi connectivity index (χ1) is 7.74. The van der Waals surface area contributed by atoms with Crippen molar-refractivity contribution in [3.8, 4) is 11.5 Å². The Hall–Kier alpha value is -1.18. The second kappa shape index (κ2) is 3.66. The molecule has 0 fully saturated rings. The number of hydrogen-bond acceptors (Lipinski definition) is 2. The number of aromatic hydroxyl groups is 1. The zero-order valence-corrected chi connectivity index (χ0v) is 11.6. The topological polar surface area (TPSA) is 29.5 Å². The third kappa shape index (κ3) is 1.80. The summed E-state index contributed by atoms with van der Waals surface area (Å²) in [6.45, 7) is 12.4. The van der Waals surface area contributed by atoms with E-state index in [1.165, 1.54) is 5.56 Å². The maximum atomic E-state index is 10.3. The summed E-state index contributed by atoms with van der Waals surface area (Å²) in [6, 6.07) is 0. The van der Waals surface area contributed by atoms with Gasteiger partial charge in [-0.25, -0.2) is 0 Å². The molecule has 0 saturated carbocycles. The number of benzene rings is 1. The van der Waals surface area contributed by atoms with Crippen molar-refractivity contribution in [2.45, 2.75) is 59.5 Å². The van der Waals surface area contributed by atoms with Crippen molar-refractivity contribution in [1.29, 1.82) is 0 Å². The van der Waals surface area contributed by atoms with E-state index in [4.69, 9.17) is 4.74 Å². The van der Waals surface area contributed by atoms with Gasteiger partial charge < -0.3 is 9.84 Å². The lowest BCUT2D eigenvalue weighted by molar-refractivity contribution is 0.137. The summed E-state index contributed by atoms with van der Waals surface area (Å²) in [4.78, 5) is 0. The Morgan fingerprint density at radius 2 is 1.76 bits per heavy atom. The van der Waals surface area contributed by atoms with Crippen LogP contribution in [0.15, 0.2) is 0 Å². The van der Waals surface area contributed by atoms with Gasteiger partial charge in [-0.2, -0.15) is 0 Å². The van der Waals surface area contributed by atoms with Crippen LogP contribution in [0.25, 0.3) is 0 Å². The standard InChI is InChI=1S/C15H22O2/c1-8(2)12-11-7-15(5,6)17-14(11)10(4)9(3)13(12)16/h8,16H,7H2,1-6H3. The van der Waals surface area contributed by atoms with Gasteiger partial charge in [-0.3, -0.25) is 0 Å². The molecule has 2 rings (SSSR count). The number of phenolic OH excluding ortho intramolecular Hbond substituents is 1. The lowest BCUT2D eigenvalue weighted by Crippen LogP contribution is -2.25. The maximum absolute atomic E-state index is 10.3. The van der Waals surface area contributed by atoms with Crippen molar-refractivity contribution in [2.75, 3.05) is 0 Å². The average molecular weight is 234 g/mol. The molecule has 0 saturated heterocycles. The van der Waals surface area contributed by atoms with E-state index in [2.05, 4.69) is 27.7 Å². The van der Waals surface area contributed by atoms with Crippen molar-refractivity contribution in [2.24, 2.45) is 0 Å². The van der Waals surface area contributed by atoms with E-state index in [9.17, 15) is 5.11 Å². The van der Waals surface area contributed by atoms with Gasteiger partial charge >= 0.3 is 0 Å². The van der Waals surface area contributed by atoms with Gasteiger partial charge in [0, 0.05) is 17.5 Å². The minimum absolute atomic E-state index is 0.156. The fourth-order valence-corrected chi connectivity index (χ4v) is 2.72. The van der Waals surface area contributed by atoms with Gasteiger partial charge in [-0.15, -0.1) is 0 Å². The largest absolute Gasteiger partial charge is 0.507 e. The number of ether oxygens (including phenoxy) is 1. The fraction of sp³-hybridized carbons (Fsp3) is 0.600. The molecule has 1 aromatic carbocycles. The SMILES string of the molecule is Cc1c(C)c2c(c(C(C)C)c1O)CC(C)(C)O2. The van der Waals surface area contributed by atoms with Gasteiger partial charge in [-0.1, -0.05) is 13.8 Å². The Balaban J connectivity index is 2.73. The maximum Gasteiger partial charge on any atom is 0.127 e. The molecule has 1 aliphatic rings. The van der Waals surface area contributed by atoms with E-state index >= 15 is 0 Å². The van der Waals surface area contributed by atoms with E-state index in [0.29, 0.717) is 11.7 Å². The molecule has 0 spiro atoms. The van der Waals surface area contributed by atoms with Crippen LogP contribution in [-0.2, 0) is 6.42 Å².